The van der Waals surface area contributed by atoms with Gasteiger partial charge in [0, 0.05) is 6.54 Å². The lowest BCUT2D eigenvalue weighted by Crippen LogP contribution is -2.34. The van der Waals surface area contributed by atoms with E-state index in [1.54, 1.807) is 0 Å². The third kappa shape index (κ3) is 3.23. The van der Waals surface area contributed by atoms with E-state index in [1.165, 1.54) is 0 Å². The van der Waals surface area contributed by atoms with Crippen LogP contribution in [0.4, 0.5) is 5.95 Å². The van der Waals surface area contributed by atoms with E-state index in [0.29, 0.717) is 6.54 Å². The molecule has 0 aromatic carbocycles. The normalized spacial score (nSPS) is 11.4. The Labute approximate surface area is 88.7 Å². The number of nitrogens with two attached hydrogens (primary N) is 1. The van der Waals surface area contributed by atoms with Crippen LogP contribution in [0.25, 0.3) is 0 Å². The number of hydrogen-bond donors (Lipinski definition) is 3. The van der Waals surface area contributed by atoms with Crippen LogP contribution in [0.5, 0.6) is 0 Å². The summed E-state index contributed by atoms with van der Waals surface area (Å²) < 4.78 is 0. The summed E-state index contributed by atoms with van der Waals surface area (Å²) in [4.78, 5) is 15.3. The fourth-order valence-electron chi connectivity index (χ4n) is 0.905. The fraction of sp³-hybridized carbons (Fsp3) is 0.667. The van der Waals surface area contributed by atoms with Crippen LogP contribution < -0.4 is 11.1 Å². The molecular weight excluding hydrogens is 194 g/mol. The van der Waals surface area contributed by atoms with Gasteiger partial charge in [-0.1, -0.05) is 20.8 Å². The Bertz CT molecular complexity index is 344. The van der Waals surface area contributed by atoms with Gasteiger partial charge in [0.25, 0.3) is 5.91 Å². The van der Waals surface area contributed by atoms with Crippen LogP contribution in [0.1, 0.15) is 37.8 Å². The Morgan fingerprint density at radius 2 is 2.27 bits per heavy atom. The molecule has 0 fully saturated rings. The van der Waals surface area contributed by atoms with E-state index in [1.807, 2.05) is 0 Å². The van der Waals surface area contributed by atoms with E-state index in [0.717, 1.165) is 6.42 Å². The molecule has 0 atom stereocenters. The van der Waals surface area contributed by atoms with Crippen molar-refractivity contribution < 1.29 is 4.79 Å². The second-order valence-corrected chi connectivity index (χ2v) is 4.24. The van der Waals surface area contributed by atoms with Gasteiger partial charge in [-0.3, -0.25) is 9.89 Å². The van der Waals surface area contributed by atoms with Gasteiger partial charge in [-0.25, -0.2) is 0 Å². The Kier molecular flexibility index (Phi) is 3.28. The molecule has 15 heavy (non-hydrogen) atoms. The second kappa shape index (κ2) is 4.29. The van der Waals surface area contributed by atoms with E-state index in [-0.39, 0.29) is 23.1 Å². The summed E-state index contributed by atoms with van der Waals surface area (Å²) in [5.74, 6) is -0.0463. The minimum atomic E-state index is -0.277. The molecule has 0 aliphatic heterocycles. The van der Waals surface area contributed by atoms with Crippen molar-refractivity contribution in [1.82, 2.24) is 20.5 Å². The number of carbonyl (C=O) groups excluding carboxylic acids is 1. The van der Waals surface area contributed by atoms with Crippen molar-refractivity contribution in [2.24, 2.45) is 5.41 Å². The van der Waals surface area contributed by atoms with E-state index in [9.17, 15) is 4.79 Å². The van der Waals surface area contributed by atoms with Crippen molar-refractivity contribution in [2.75, 3.05) is 12.3 Å². The number of rotatable bonds is 4. The summed E-state index contributed by atoms with van der Waals surface area (Å²) in [6, 6.07) is 0. The minimum Gasteiger partial charge on any atom is -0.366 e. The highest BCUT2D eigenvalue weighted by molar-refractivity contribution is 5.90. The van der Waals surface area contributed by atoms with Crippen LogP contribution in [0, 0.1) is 5.41 Å². The van der Waals surface area contributed by atoms with Gasteiger partial charge in [0.15, 0.2) is 0 Å². The molecule has 0 spiro atoms. The SMILES string of the molecule is CCC(C)(C)CNC(=O)c1nc(N)n[nH]1. The van der Waals surface area contributed by atoms with E-state index < -0.39 is 0 Å². The zero-order valence-corrected chi connectivity index (χ0v) is 9.29. The summed E-state index contributed by atoms with van der Waals surface area (Å²) in [6.45, 7) is 6.85. The highest BCUT2D eigenvalue weighted by Gasteiger charge is 2.18. The van der Waals surface area contributed by atoms with Crippen LogP contribution in [0.15, 0.2) is 0 Å². The number of H-pyrrole nitrogens is 1. The summed E-state index contributed by atoms with van der Waals surface area (Å²) in [5, 5.41) is 8.82. The molecule has 1 amide bonds. The van der Waals surface area contributed by atoms with Gasteiger partial charge in [-0.05, 0) is 11.8 Å². The molecule has 1 aromatic heterocycles. The van der Waals surface area contributed by atoms with Crippen LogP contribution in [0.2, 0.25) is 0 Å². The molecule has 1 aromatic rings. The molecule has 6 heteroatoms. The molecule has 0 unspecified atom stereocenters. The topological polar surface area (TPSA) is 96.7 Å². The Balaban J connectivity index is 2.50. The summed E-state index contributed by atoms with van der Waals surface area (Å²) >= 11 is 0. The summed E-state index contributed by atoms with van der Waals surface area (Å²) in [7, 11) is 0. The highest BCUT2D eigenvalue weighted by atomic mass is 16.2. The van der Waals surface area contributed by atoms with Gasteiger partial charge in [0.05, 0.1) is 0 Å². The largest absolute Gasteiger partial charge is 0.366 e. The van der Waals surface area contributed by atoms with Gasteiger partial charge in [0.1, 0.15) is 0 Å². The first-order chi connectivity index (χ1) is 6.94. The molecule has 84 valence electrons. The first kappa shape index (κ1) is 11.5. The van der Waals surface area contributed by atoms with Crippen LogP contribution in [0.3, 0.4) is 0 Å². The molecule has 0 radical (unpaired) electrons. The lowest BCUT2D eigenvalue weighted by Gasteiger charge is -2.22. The number of amides is 1. The lowest BCUT2D eigenvalue weighted by molar-refractivity contribution is 0.0925. The van der Waals surface area contributed by atoms with Crippen molar-refractivity contribution in [1.29, 1.82) is 0 Å². The van der Waals surface area contributed by atoms with Crippen molar-refractivity contribution in [3.63, 3.8) is 0 Å². The smallest absolute Gasteiger partial charge is 0.288 e. The number of nitrogens with one attached hydrogen (secondary N) is 2. The predicted octanol–water partition coefficient (Wildman–Crippen LogP) is 0.553. The number of aromatic nitrogens is 3. The number of nitrogen functional groups attached to an aromatic ring is 1. The Morgan fingerprint density at radius 3 is 2.73 bits per heavy atom. The lowest BCUT2D eigenvalue weighted by atomic mass is 9.90. The van der Waals surface area contributed by atoms with Gasteiger partial charge in [-0.2, -0.15) is 4.98 Å². The molecule has 0 bridgehead atoms. The van der Waals surface area contributed by atoms with Crippen LogP contribution >= 0.6 is 0 Å². The minimum absolute atomic E-state index is 0.0786. The maximum absolute atomic E-state index is 11.5. The van der Waals surface area contributed by atoms with Crippen molar-refractivity contribution >= 4 is 11.9 Å². The average Bonchev–Trinajstić information content (AvgIpc) is 2.61. The van der Waals surface area contributed by atoms with E-state index in [4.69, 9.17) is 5.73 Å². The van der Waals surface area contributed by atoms with Crippen molar-refractivity contribution in [3.05, 3.63) is 5.82 Å². The average molecular weight is 211 g/mol. The number of carbonyl (C=O) groups is 1. The quantitative estimate of drug-likeness (QED) is 0.677. The third-order valence-corrected chi connectivity index (χ3v) is 2.40. The number of hydrogen-bond acceptors (Lipinski definition) is 4. The first-order valence-electron chi connectivity index (χ1n) is 4.90. The predicted molar refractivity (Wildman–Crippen MR) is 57.2 cm³/mol. The van der Waals surface area contributed by atoms with E-state index in [2.05, 4.69) is 41.3 Å². The third-order valence-electron chi connectivity index (χ3n) is 2.40. The Morgan fingerprint density at radius 1 is 1.60 bits per heavy atom. The van der Waals surface area contributed by atoms with Gasteiger partial charge in [0.2, 0.25) is 11.8 Å². The number of nitrogens with zero attached hydrogens (tertiary/aromatic N) is 2. The molecule has 0 aliphatic rings. The highest BCUT2D eigenvalue weighted by Crippen LogP contribution is 2.17. The standard InChI is InChI=1S/C9H17N5O/c1-4-9(2,3)5-11-7(15)6-12-8(10)14-13-6/h4-5H2,1-3H3,(H,11,15)(H3,10,12,13,14). The zero-order chi connectivity index (χ0) is 11.5. The Hall–Kier alpha value is -1.59. The van der Waals surface area contributed by atoms with Gasteiger partial charge in [-0.15, -0.1) is 5.10 Å². The second-order valence-electron chi connectivity index (χ2n) is 4.24. The van der Waals surface area contributed by atoms with Crippen molar-refractivity contribution in [3.8, 4) is 0 Å². The number of aromatic amines is 1. The molecule has 4 N–H and O–H groups in total. The summed E-state index contributed by atoms with van der Waals surface area (Å²) in [6.07, 6.45) is 0.992. The molecule has 0 saturated heterocycles. The molecular formula is C9H17N5O. The number of anilines is 1. The molecule has 1 heterocycles. The van der Waals surface area contributed by atoms with E-state index >= 15 is 0 Å². The van der Waals surface area contributed by atoms with Crippen molar-refractivity contribution in [2.45, 2.75) is 27.2 Å². The summed E-state index contributed by atoms with van der Waals surface area (Å²) in [5.41, 5.74) is 5.38. The van der Waals surface area contributed by atoms with Crippen LogP contribution in [-0.4, -0.2) is 27.6 Å². The maximum atomic E-state index is 11.5. The molecule has 0 aliphatic carbocycles. The molecule has 0 saturated carbocycles. The maximum Gasteiger partial charge on any atom is 0.288 e. The van der Waals surface area contributed by atoms with Gasteiger partial charge >= 0.3 is 0 Å². The monoisotopic (exact) mass is 211 g/mol. The first-order valence-corrected chi connectivity index (χ1v) is 4.90. The zero-order valence-electron chi connectivity index (χ0n) is 9.29. The van der Waals surface area contributed by atoms with Crippen LogP contribution in [-0.2, 0) is 0 Å². The molecule has 6 nitrogen and oxygen atoms in total. The molecule has 1 rings (SSSR count). The van der Waals surface area contributed by atoms with Gasteiger partial charge < -0.3 is 11.1 Å². The fourth-order valence-corrected chi connectivity index (χ4v) is 0.905.